The summed E-state index contributed by atoms with van der Waals surface area (Å²) >= 11 is 0. The van der Waals surface area contributed by atoms with Gasteiger partial charge >= 0.3 is 0 Å². The number of hydrogen-bond acceptors (Lipinski definition) is 4. The Labute approximate surface area is 203 Å². The van der Waals surface area contributed by atoms with Crippen molar-refractivity contribution in [3.63, 3.8) is 0 Å². The summed E-state index contributed by atoms with van der Waals surface area (Å²) in [5.41, 5.74) is 5.78. The predicted molar refractivity (Wildman–Crippen MR) is 134 cm³/mol. The summed E-state index contributed by atoms with van der Waals surface area (Å²) in [6.07, 6.45) is 1.46. The second kappa shape index (κ2) is 9.69. The molecule has 0 bridgehead atoms. The lowest BCUT2D eigenvalue weighted by molar-refractivity contribution is -0.115. The average molecular weight is 468 g/mol. The smallest absolute Gasteiger partial charge is 0.256 e. The van der Waals surface area contributed by atoms with E-state index in [0.717, 1.165) is 11.1 Å². The number of benzene rings is 2. The number of H-pyrrole nitrogens is 1. The molecule has 2 heterocycles. The van der Waals surface area contributed by atoms with Crippen LogP contribution in [-0.4, -0.2) is 22.7 Å². The number of aromatic nitrogens is 1. The zero-order valence-corrected chi connectivity index (χ0v) is 19.7. The minimum absolute atomic E-state index is 0.175. The van der Waals surface area contributed by atoms with Gasteiger partial charge in [-0.05, 0) is 56.2 Å². The molecule has 0 saturated carbocycles. The van der Waals surface area contributed by atoms with E-state index in [1.807, 2.05) is 50.2 Å². The van der Waals surface area contributed by atoms with E-state index in [-0.39, 0.29) is 24.3 Å². The molecule has 0 fully saturated rings. The van der Waals surface area contributed by atoms with Crippen molar-refractivity contribution in [3.05, 3.63) is 82.2 Å². The Bertz CT molecular complexity index is 1400. The van der Waals surface area contributed by atoms with Crippen LogP contribution in [0.25, 0.3) is 11.6 Å². The molecule has 1 aliphatic rings. The molecule has 176 valence electrons. The third-order valence-corrected chi connectivity index (χ3v) is 5.98. The van der Waals surface area contributed by atoms with Crippen molar-refractivity contribution in [2.75, 3.05) is 10.6 Å². The lowest BCUT2D eigenvalue weighted by Gasteiger charge is -2.14. The SMILES string of the molecule is Cc1[nH]c(C=C2C(=O)Nc3ccc(C(=O)NC(C)c4ccccc4)cc32)c(C)c1NC(=O)CC#N. The number of fused-ring (bicyclic) bond motifs is 1. The van der Waals surface area contributed by atoms with E-state index in [2.05, 4.69) is 20.9 Å². The van der Waals surface area contributed by atoms with E-state index >= 15 is 0 Å². The van der Waals surface area contributed by atoms with Crippen LogP contribution < -0.4 is 16.0 Å². The van der Waals surface area contributed by atoms with Crippen molar-refractivity contribution in [1.29, 1.82) is 5.26 Å². The molecule has 0 radical (unpaired) electrons. The minimum Gasteiger partial charge on any atom is -0.357 e. The molecule has 0 aliphatic carbocycles. The summed E-state index contributed by atoms with van der Waals surface area (Å²) in [5, 5.41) is 17.3. The Morgan fingerprint density at radius 2 is 1.89 bits per heavy atom. The maximum Gasteiger partial charge on any atom is 0.256 e. The number of hydrogen-bond donors (Lipinski definition) is 4. The maximum atomic E-state index is 12.9. The van der Waals surface area contributed by atoms with Gasteiger partial charge in [0, 0.05) is 28.2 Å². The van der Waals surface area contributed by atoms with Crippen LogP contribution in [0.15, 0.2) is 48.5 Å². The van der Waals surface area contributed by atoms with Crippen LogP contribution in [0, 0.1) is 25.2 Å². The van der Waals surface area contributed by atoms with Gasteiger partial charge in [0.05, 0.1) is 23.4 Å². The summed E-state index contributed by atoms with van der Waals surface area (Å²) in [6.45, 7) is 5.54. The third kappa shape index (κ3) is 4.84. The van der Waals surface area contributed by atoms with Gasteiger partial charge in [-0.1, -0.05) is 30.3 Å². The second-order valence-corrected chi connectivity index (χ2v) is 8.43. The van der Waals surface area contributed by atoms with Crippen LogP contribution in [0.4, 0.5) is 11.4 Å². The molecule has 3 amide bonds. The highest BCUT2D eigenvalue weighted by molar-refractivity contribution is 6.35. The third-order valence-electron chi connectivity index (χ3n) is 5.98. The summed E-state index contributed by atoms with van der Waals surface area (Å²) in [5.74, 6) is -0.921. The number of amides is 3. The minimum atomic E-state index is -0.402. The van der Waals surface area contributed by atoms with Gasteiger partial charge in [0.15, 0.2) is 0 Å². The van der Waals surface area contributed by atoms with Crippen LogP contribution in [-0.2, 0) is 9.59 Å². The molecular formula is C27H25N5O3. The van der Waals surface area contributed by atoms with E-state index in [4.69, 9.17) is 5.26 Å². The van der Waals surface area contributed by atoms with Crippen molar-refractivity contribution < 1.29 is 14.4 Å². The van der Waals surface area contributed by atoms with Crippen LogP contribution in [0.5, 0.6) is 0 Å². The Kier molecular flexibility index (Phi) is 6.51. The fourth-order valence-corrected chi connectivity index (χ4v) is 4.08. The van der Waals surface area contributed by atoms with Crippen molar-refractivity contribution in [2.24, 2.45) is 0 Å². The first-order chi connectivity index (χ1) is 16.8. The molecule has 3 aromatic rings. The van der Waals surface area contributed by atoms with Gasteiger partial charge < -0.3 is 20.9 Å². The van der Waals surface area contributed by atoms with Crippen molar-refractivity contribution in [1.82, 2.24) is 10.3 Å². The number of aryl methyl sites for hydroxylation is 1. The summed E-state index contributed by atoms with van der Waals surface area (Å²) in [6, 6.07) is 16.4. The first kappa shape index (κ1) is 23.5. The molecule has 4 rings (SSSR count). The Hall–Kier alpha value is -4.64. The maximum absolute atomic E-state index is 12.9. The predicted octanol–water partition coefficient (Wildman–Crippen LogP) is 4.47. The fraction of sp³-hybridized carbons (Fsp3) is 0.185. The molecule has 2 aromatic carbocycles. The van der Waals surface area contributed by atoms with Gasteiger partial charge in [0.2, 0.25) is 5.91 Å². The van der Waals surface area contributed by atoms with Crippen molar-refractivity contribution >= 4 is 40.7 Å². The van der Waals surface area contributed by atoms with Crippen molar-refractivity contribution in [3.8, 4) is 6.07 Å². The topological polar surface area (TPSA) is 127 Å². The lowest BCUT2D eigenvalue weighted by Crippen LogP contribution is -2.26. The molecule has 1 aliphatic heterocycles. The highest BCUT2D eigenvalue weighted by Crippen LogP contribution is 2.35. The molecule has 1 unspecified atom stereocenters. The molecule has 4 N–H and O–H groups in total. The molecule has 8 heteroatoms. The van der Waals surface area contributed by atoms with Crippen LogP contribution in [0.2, 0.25) is 0 Å². The van der Waals surface area contributed by atoms with Gasteiger partial charge in [-0.25, -0.2) is 0 Å². The monoisotopic (exact) mass is 467 g/mol. The molecule has 8 nitrogen and oxygen atoms in total. The lowest BCUT2D eigenvalue weighted by atomic mass is 10.0. The number of nitrogens with zero attached hydrogens (tertiary/aromatic N) is 1. The quantitative estimate of drug-likeness (QED) is 0.399. The average Bonchev–Trinajstić information content (AvgIpc) is 3.29. The zero-order chi connectivity index (χ0) is 25.1. The molecule has 35 heavy (non-hydrogen) atoms. The van der Waals surface area contributed by atoms with Crippen LogP contribution >= 0.6 is 0 Å². The Morgan fingerprint density at radius 3 is 2.60 bits per heavy atom. The molecule has 0 saturated heterocycles. The number of carbonyl (C=O) groups is 3. The second-order valence-electron chi connectivity index (χ2n) is 8.43. The molecule has 1 aromatic heterocycles. The molecular weight excluding hydrogens is 442 g/mol. The number of nitrogens with one attached hydrogen (secondary N) is 4. The summed E-state index contributed by atoms with van der Waals surface area (Å²) in [4.78, 5) is 40.8. The first-order valence-electron chi connectivity index (χ1n) is 11.2. The number of carbonyl (C=O) groups excluding carboxylic acids is 3. The highest BCUT2D eigenvalue weighted by Gasteiger charge is 2.26. The fourth-order valence-electron chi connectivity index (χ4n) is 4.08. The first-order valence-corrected chi connectivity index (χ1v) is 11.2. The molecule has 1 atom stereocenters. The summed E-state index contributed by atoms with van der Waals surface area (Å²) < 4.78 is 0. The largest absolute Gasteiger partial charge is 0.357 e. The molecule has 0 spiro atoms. The number of aromatic amines is 1. The number of anilines is 2. The number of rotatable bonds is 6. The standard InChI is InChI=1S/C27H25N5O3/c1-15-23(29-17(3)25(15)32-24(33)11-12-28)14-21-20-13-19(9-10-22(20)31-27(21)35)26(34)30-16(2)18-7-5-4-6-8-18/h4-10,13-14,16,29H,11H2,1-3H3,(H,30,34)(H,31,35)(H,32,33). The van der Waals surface area contributed by atoms with E-state index in [1.54, 1.807) is 31.2 Å². The Balaban J connectivity index is 1.62. The Morgan fingerprint density at radius 1 is 1.14 bits per heavy atom. The van der Waals surface area contributed by atoms with Gasteiger partial charge in [-0.3, -0.25) is 14.4 Å². The van der Waals surface area contributed by atoms with Gasteiger partial charge in [-0.15, -0.1) is 0 Å². The van der Waals surface area contributed by atoms with E-state index in [9.17, 15) is 14.4 Å². The van der Waals surface area contributed by atoms with Crippen molar-refractivity contribution in [2.45, 2.75) is 33.2 Å². The van der Waals surface area contributed by atoms with Gasteiger partial charge in [0.25, 0.3) is 11.8 Å². The van der Waals surface area contributed by atoms with E-state index in [1.165, 1.54) is 0 Å². The zero-order valence-electron chi connectivity index (χ0n) is 19.7. The van der Waals surface area contributed by atoms with Gasteiger partial charge in [-0.2, -0.15) is 5.26 Å². The van der Waals surface area contributed by atoms with Crippen LogP contribution in [0.3, 0.4) is 0 Å². The van der Waals surface area contributed by atoms with Gasteiger partial charge in [0.1, 0.15) is 6.42 Å². The van der Waals surface area contributed by atoms with Crippen LogP contribution in [0.1, 0.15) is 57.8 Å². The van der Waals surface area contributed by atoms with E-state index < -0.39 is 5.91 Å². The van der Waals surface area contributed by atoms with E-state index in [0.29, 0.717) is 39.5 Å². The highest BCUT2D eigenvalue weighted by atomic mass is 16.2. The normalized spacial score (nSPS) is 14.1. The number of nitriles is 1. The summed E-state index contributed by atoms with van der Waals surface area (Å²) in [7, 11) is 0.